The van der Waals surface area contributed by atoms with Gasteiger partial charge in [0.15, 0.2) is 0 Å². The van der Waals surface area contributed by atoms with Crippen LogP contribution in [0.1, 0.15) is 49.3 Å². The summed E-state index contributed by atoms with van der Waals surface area (Å²) in [5.41, 5.74) is 3.13. The van der Waals surface area contributed by atoms with Gasteiger partial charge < -0.3 is 10.1 Å². The Morgan fingerprint density at radius 2 is 1.74 bits per heavy atom. The number of nitrogens with zero attached hydrogens (tertiary/aromatic N) is 1. The summed E-state index contributed by atoms with van der Waals surface area (Å²) in [5.74, 6) is -0.132. The van der Waals surface area contributed by atoms with E-state index < -0.39 is 16.1 Å². The lowest BCUT2D eigenvalue weighted by molar-refractivity contribution is -0.125. The standard InChI is InChI=1S/C24H32N2O4S/c1-2-15-31(28,29)26-14-7-6-13-23(26)24(27)25-17-21-11-8-12-22(16-21)19-30-18-20-9-4-3-5-10-20/h3-5,8-12,16,23H,2,6-7,13-15,17-19H2,1H3,(H,25,27)/t23-/m1/s1. The van der Waals surface area contributed by atoms with Crippen molar-refractivity contribution < 1.29 is 17.9 Å². The molecular formula is C24H32N2O4S. The van der Waals surface area contributed by atoms with Crippen molar-refractivity contribution in [3.8, 4) is 0 Å². The quantitative estimate of drug-likeness (QED) is 0.607. The number of hydrogen-bond acceptors (Lipinski definition) is 4. The number of ether oxygens (including phenoxy) is 1. The molecule has 2 aromatic carbocycles. The van der Waals surface area contributed by atoms with Gasteiger partial charge in [0.1, 0.15) is 6.04 Å². The normalized spacial score (nSPS) is 17.4. The summed E-state index contributed by atoms with van der Waals surface area (Å²) >= 11 is 0. The van der Waals surface area contributed by atoms with E-state index in [0.717, 1.165) is 29.5 Å². The van der Waals surface area contributed by atoms with Crippen molar-refractivity contribution in [2.24, 2.45) is 0 Å². The first kappa shape index (κ1) is 23.4. The Hall–Kier alpha value is -2.22. The Morgan fingerprint density at radius 1 is 1.03 bits per heavy atom. The fourth-order valence-electron chi connectivity index (χ4n) is 3.87. The number of hydrogen-bond donors (Lipinski definition) is 1. The molecule has 0 unspecified atom stereocenters. The molecule has 0 bridgehead atoms. The van der Waals surface area contributed by atoms with Gasteiger partial charge in [0.25, 0.3) is 0 Å². The second-order valence-electron chi connectivity index (χ2n) is 7.95. The average molecular weight is 445 g/mol. The van der Waals surface area contributed by atoms with Crippen molar-refractivity contribution in [3.63, 3.8) is 0 Å². The van der Waals surface area contributed by atoms with Crippen molar-refractivity contribution in [2.45, 2.75) is 58.4 Å². The second kappa shape index (κ2) is 11.4. The minimum Gasteiger partial charge on any atom is -0.372 e. The van der Waals surface area contributed by atoms with Crippen molar-refractivity contribution in [2.75, 3.05) is 12.3 Å². The number of amides is 1. The third-order valence-electron chi connectivity index (χ3n) is 5.41. The molecule has 31 heavy (non-hydrogen) atoms. The fourth-order valence-corrected chi connectivity index (χ4v) is 5.62. The van der Waals surface area contributed by atoms with Crippen LogP contribution in [0.3, 0.4) is 0 Å². The molecule has 1 heterocycles. The number of benzene rings is 2. The maximum atomic E-state index is 12.8. The Balaban J connectivity index is 1.54. The van der Waals surface area contributed by atoms with E-state index in [9.17, 15) is 13.2 Å². The van der Waals surface area contributed by atoms with E-state index in [1.807, 2.05) is 61.5 Å². The summed E-state index contributed by atoms with van der Waals surface area (Å²) in [6.45, 7) is 3.67. The van der Waals surface area contributed by atoms with E-state index >= 15 is 0 Å². The summed E-state index contributed by atoms with van der Waals surface area (Å²) in [4.78, 5) is 12.8. The van der Waals surface area contributed by atoms with Crippen molar-refractivity contribution in [1.82, 2.24) is 9.62 Å². The molecule has 2 aromatic rings. The van der Waals surface area contributed by atoms with Crippen molar-refractivity contribution in [1.29, 1.82) is 0 Å². The Kier molecular flexibility index (Phi) is 8.63. The van der Waals surface area contributed by atoms with Crippen LogP contribution in [0.4, 0.5) is 0 Å². The van der Waals surface area contributed by atoms with Crippen LogP contribution >= 0.6 is 0 Å². The van der Waals surface area contributed by atoms with Gasteiger partial charge in [0.2, 0.25) is 15.9 Å². The van der Waals surface area contributed by atoms with Gasteiger partial charge in [0, 0.05) is 13.1 Å². The van der Waals surface area contributed by atoms with Crippen molar-refractivity contribution >= 4 is 15.9 Å². The van der Waals surface area contributed by atoms with Crippen LogP contribution in [0.25, 0.3) is 0 Å². The van der Waals surface area contributed by atoms with E-state index in [4.69, 9.17) is 4.74 Å². The topological polar surface area (TPSA) is 75.7 Å². The average Bonchev–Trinajstić information content (AvgIpc) is 2.78. The van der Waals surface area contributed by atoms with E-state index in [0.29, 0.717) is 39.1 Å². The molecule has 1 aliphatic rings. The minimum atomic E-state index is -3.39. The molecule has 1 fully saturated rings. The lowest BCUT2D eigenvalue weighted by Gasteiger charge is -2.33. The minimum absolute atomic E-state index is 0.0851. The zero-order valence-electron chi connectivity index (χ0n) is 18.1. The van der Waals surface area contributed by atoms with Crippen LogP contribution < -0.4 is 5.32 Å². The number of sulfonamides is 1. The van der Waals surface area contributed by atoms with Gasteiger partial charge in [-0.1, -0.05) is 67.9 Å². The molecule has 1 saturated heterocycles. The lowest BCUT2D eigenvalue weighted by atomic mass is 10.0. The molecule has 0 saturated carbocycles. The molecule has 1 N–H and O–H groups in total. The van der Waals surface area contributed by atoms with Crippen LogP contribution in [-0.4, -0.2) is 37.0 Å². The van der Waals surface area contributed by atoms with Crippen LogP contribution in [-0.2, 0) is 39.3 Å². The highest BCUT2D eigenvalue weighted by Crippen LogP contribution is 2.21. The molecular weight excluding hydrogens is 412 g/mol. The van der Waals surface area contributed by atoms with Crippen LogP contribution in [0.15, 0.2) is 54.6 Å². The number of rotatable bonds is 10. The number of nitrogens with one attached hydrogen (secondary N) is 1. The third-order valence-corrected chi connectivity index (χ3v) is 7.49. The van der Waals surface area contributed by atoms with Gasteiger partial charge in [-0.25, -0.2) is 8.42 Å². The maximum absolute atomic E-state index is 12.8. The van der Waals surface area contributed by atoms with E-state index in [-0.39, 0.29) is 11.7 Å². The summed E-state index contributed by atoms with van der Waals surface area (Å²) in [6.07, 6.45) is 2.79. The molecule has 0 spiro atoms. The molecule has 1 amide bonds. The number of carbonyl (C=O) groups is 1. The molecule has 1 atom stereocenters. The van der Waals surface area contributed by atoms with E-state index in [2.05, 4.69) is 5.32 Å². The van der Waals surface area contributed by atoms with Gasteiger partial charge in [-0.3, -0.25) is 4.79 Å². The molecule has 7 heteroatoms. The van der Waals surface area contributed by atoms with Crippen molar-refractivity contribution in [3.05, 3.63) is 71.3 Å². The van der Waals surface area contributed by atoms with Gasteiger partial charge in [0.05, 0.1) is 19.0 Å². The predicted octanol–water partition coefficient (Wildman–Crippen LogP) is 3.61. The highest BCUT2D eigenvalue weighted by Gasteiger charge is 2.35. The fraction of sp³-hybridized carbons (Fsp3) is 0.458. The van der Waals surface area contributed by atoms with E-state index in [1.54, 1.807) is 0 Å². The summed E-state index contributed by atoms with van der Waals surface area (Å²) in [6, 6.07) is 17.3. The predicted molar refractivity (Wildman–Crippen MR) is 122 cm³/mol. The SMILES string of the molecule is CCCS(=O)(=O)N1CCCC[C@@H]1C(=O)NCc1cccc(COCc2ccccc2)c1. The second-order valence-corrected chi connectivity index (χ2v) is 10.00. The molecule has 168 valence electrons. The summed E-state index contributed by atoms with van der Waals surface area (Å²) in [7, 11) is -3.39. The lowest BCUT2D eigenvalue weighted by Crippen LogP contribution is -2.52. The first-order valence-corrected chi connectivity index (χ1v) is 12.6. The van der Waals surface area contributed by atoms with Gasteiger partial charge in [-0.05, 0) is 36.0 Å². The third kappa shape index (κ3) is 6.89. The molecule has 1 aliphatic heterocycles. The highest BCUT2D eigenvalue weighted by atomic mass is 32.2. The summed E-state index contributed by atoms with van der Waals surface area (Å²) < 4.78 is 32.3. The first-order chi connectivity index (χ1) is 15.0. The van der Waals surface area contributed by atoms with Crippen LogP contribution in [0, 0.1) is 0 Å². The van der Waals surface area contributed by atoms with Gasteiger partial charge in [-0.15, -0.1) is 0 Å². The zero-order chi connectivity index (χ0) is 22.1. The van der Waals surface area contributed by atoms with E-state index in [1.165, 1.54) is 4.31 Å². The highest BCUT2D eigenvalue weighted by molar-refractivity contribution is 7.89. The number of carbonyl (C=O) groups excluding carboxylic acids is 1. The van der Waals surface area contributed by atoms with Gasteiger partial charge >= 0.3 is 0 Å². The smallest absolute Gasteiger partial charge is 0.238 e. The molecule has 0 radical (unpaired) electrons. The maximum Gasteiger partial charge on any atom is 0.238 e. The Morgan fingerprint density at radius 3 is 2.52 bits per heavy atom. The van der Waals surface area contributed by atoms with Crippen LogP contribution in [0.5, 0.6) is 0 Å². The molecule has 0 aliphatic carbocycles. The molecule has 6 nitrogen and oxygen atoms in total. The monoisotopic (exact) mass is 444 g/mol. The number of piperidine rings is 1. The summed E-state index contributed by atoms with van der Waals surface area (Å²) in [5, 5.41) is 2.94. The Bertz CT molecular complexity index is 947. The first-order valence-electron chi connectivity index (χ1n) is 11.0. The largest absolute Gasteiger partial charge is 0.372 e. The Labute approximate surface area is 185 Å². The molecule has 0 aromatic heterocycles. The van der Waals surface area contributed by atoms with Crippen LogP contribution in [0.2, 0.25) is 0 Å². The zero-order valence-corrected chi connectivity index (χ0v) is 18.9. The molecule has 3 rings (SSSR count). The van der Waals surface area contributed by atoms with Gasteiger partial charge in [-0.2, -0.15) is 4.31 Å².